The summed E-state index contributed by atoms with van der Waals surface area (Å²) in [6, 6.07) is 2.10. The van der Waals surface area contributed by atoms with Crippen molar-refractivity contribution in [1.29, 1.82) is 0 Å². The maximum atomic E-state index is 13.6. The molecule has 20 heavy (non-hydrogen) atoms. The van der Waals surface area contributed by atoms with E-state index in [1.165, 1.54) is 18.9 Å². The highest BCUT2D eigenvalue weighted by Gasteiger charge is 2.29. The molecule has 5 nitrogen and oxygen atoms in total. The van der Waals surface area contributed by atoms with Crippen LogP contribution < -0.4 is 4.90 Å². The predicted molar refractivity (Wildman–Crippen MR) is 69.6 cm³/mol. The van der Waals surface area contributed by atoms with Crippen LogP contribution in [0.4, 0.5) is 10.1 Å². The Morgan fingerprint density at radius 1 is 1.35 bits per heavy atom. The summed E-state index contributed by atoms with van der Waals surface area (Å²) in [5, 5.41) is 9.12. The summed E-state index contributed by atoms with van der Waals surface area (Å²) in [7, 11) is 1.44. The Hall–Kier alpha value is -2.72. The van der Waals surface area contributed by atoms with E-state index in [-0.39, 0.29) is 28.1 Å². The zero-order chi connectivity index (χ0) is 15.0. The minimum atomic E-state index is -1.26. The van der Waals surface area contributed by atoms with Crippen LogP contribution in [0.15, 0.2) is 23.9 Å². The zero-order valence-electron chi connectivity index (χ0n) is 10.7. The van der Waals surface area contributed by atoms with E-state index < -0.39 is 17.6 Å². The number of aliphatic carboxylic acids is 1. The number of rotatable bonds is 2. The molecule has 102 valence electrons. The number of benzene rings is 1. The lowest BCUT2D eigenvalue weighted by molar-refractivity contribution is -0.132. The van der Waals surface area contributed by atoms with Gasteiger partial charge in [-0.2, -0.15) is 0 Å². The van der Waals surface area contributed by atoms with Gasteiger partial charge in [-0.1, -0.05) is 0 Å². The van der Waals surface area contributed by atoms with Crippen LogP contribution in [-0.2, 0) is 9.59 Å². The van der Waals surface area contributed by atoms with E-state index in [0.717, 1.165) is 18.2 Å². The molecule has 0 saturated carbocycles. The molecule has 1 aliphatic rings. The van der Waals surface area contributed by atoms with E-state index in [4.69, 9.17) is 5.11 Å². The minimum Gasteiger partial charge on any atom is -0.477 e. The number of fused-ring (bicyclic) bond motifs is 1. The molecule has 1 N–H and O–H groups in total. The average molecular weight is 275 g/mol. The summed E-state index contributed by atoms with van der Waals surface area (Å²) < 4.78 is 13.6. The standard InChI is InChI=1S/C14H10FNO4/c1-7(18)10-4-9(15)5-11-8(6-17)3-12(14(19)20)16(2)13(10)11/h3-5H,1-2H3,(H,19,20). The lowest BCUT2D eigenvalue weighted by Gasteiger charge is -2.28. The number of halogens is 1. The monoisotopic (exact) mass is 275 g/mol. The van der Waals surface area contributed by atoms with Crippen LogP contribution in [0, 0.1) is 5.82 Å². The first-order chi connectivity index (χ1) is 9.36. The maximum Gasteiger partial charge on any atom is 0.352 e. The highest BCUT2D eigenvalue weighted by molar-refractivity contribution is 6.11. The second-order valence-corrected chi connectivity index (χ2v) is 4.32. The smallest absolute Gasteiger partial charge is 0.352 e. The number of nitrogens with zero attached hydrogens (tertiary/aromatic N) is 1. The van der Waals surface area contributed by atoms with Gasteiger partial charge in [0.1, 0.15) is 17.5 Å². The van der Waals surface area contributed by atoms with Crippen molar-refractivity contribution in [2.45, 2.75) is 6.92 Å². The Labute approximate surface area is 113 Å². The summed E-state index contributed by atoms with van der Waals surface area (Å²) >= 11 is 0. The van der Waals surface area contributed by atoms with Crippen molar-refractivity contribution in [3.63, 3.8) is 0 Å². The number of Topliss-reactive ketones (excluding diaryl/α,β-unsaturated/α-hetero) is 1. The molecule has 1 aromatic rings. The third kappa shape index (κ3) is 2.02. The van der Waals surface area contributed by atoms with Crippen molar-refractivity contribution in [2.75, 3.05) is 11.9 Å². The molecule has 0 radical (unpaired) electrons. The quantitative estimate of drug-likeness (QED) is 0.656. The van der Waals surface area contributed by atoms with Crippen molar-refractivity contribution < 1.29 is 23.9 Å². The van der Waals surface area contributed by atoms with E-state index in [0.29, 0.717) is 0 Å². The van der Waals surface area contributed by atoms with Gasteiger partial charge in [0.2, 0.25) is 0 Å². The molecule has 0 aromatic heterocycles. The summed E-state index contributed by atoms with van der Waals surface area (Å²) in [5.74, 6) is -0.783. The van der Waals surface area contributed by atoms with Crippen molar-refractivity contribution in [3.8, 4) is 0 Å². The first-order valence-corrected chi connectivity index (χ1v) is 5.65. The van der Waals surface area contributed by atoms with Crippen molar-refractivity contribution in [3.05, 3.63) is 40.8 Å². The number of hydrogen-bond donors (Lipinski definition) is 1. The Kier molecular flexibility index (Phi) is 3.26. The number of likely N-dealkylation sites (N-methyl/N-ethyl adjacent to an activating group) is 1. The van der Waals surface area contributed by atoms with Gasteiger partial charge >= 0.3 is 5.97 Å². The molecule has 0 amide bonds. The Balaban J connectivity index is 2.85. The van der Waals surface area contributed by atoms with Crippen molar-refractivity contribution in [1.82, 2.24) is 0 Å². The van der Waals surface area contributed by atoms with Gasteiger partial charge in [0, 0.05) is 18.2 Å². The fraction of sp³-hybridized carbons (Fsp3) is 0.143. The summed E-state index contributed by atoms with van der Waals surface area (Å²) in [6.45, 7) is 1.24. The lowest BCUT2D eigenvalue weighted by atomic mass is 9.94. The van der Waals surface area contributed by atoms with E-state index in [1.54, 1.807) is 5.94 Å². The number of anilines is 1. The number of carbonyl (C=O) groups is 2. The number of ketones is 1. The molecule has 0 fully saturated rings. The number of carboxylic acids is 1. The fourth-order valence-corrected chi connectivity index (χ4v) is 2.16. The van der Waals surface area contributed by atoms with Gasteiger partial charge in [-0.15, -0.1) is 0 Å². The van der Waals surface area contributed by atoms with Crippen LogP contribution in [0.5, 0.6) is 0 Å². The van der Waals surface area contributed by atoms with Gasteiger partial charge in [-0.3, -0.25) is 4.79 Å². The molecule has 1 aliphatic heterocycles. The molecule has 0 atom stereocenters. The van der Waals surface area contributed by atoms with Gasteiger partial charge in [0.25, 0.3) is 0 Å². The fourth-order valence-electron chi connectivity index (χ4n) is 2.16. The average Bonchev–Trinajstić information content (AvgIpc) is 2.37. The van der Waals surface area contributed by atoms with E-state index >= 15 is 0 Å². The first kappa shape index (κ1) is 13.7. The summed E-state index contributed by atoms with van der Waals surface area (Å²) in [4.78, 5) is 35.0. The van der Waals surface area contributed by atoms with Crippen LogP contribution in [0.25, 0.3) is 5.57 Å². The van der Waals surface area contributed by atoms with Crippen LogP contribution >= 0.6 is 0 Å². The van der Waals surface area contributed by atoms with Crippen molar-refractivity contribution in [2.24, 2.45) is 0 Å². The highest BCUT2D eigenvalue weighted by Crippen LogP contribution is 2.37. The second kappa shape index (κ2) is 4.75. The molecule has 0 spiro atoms. The Morgan fingerprint density at radius 2 is 2.00 bits per heavy atom. The number of carbonyl (C=O) groups excluding carboxylic acids is 2. The van der Waals surface area contributed by atoms with Gasteiger partial charge in [-0.25, -0.2) is 14.0 Å². The predicted octanol–water partition coefficient (Wildman–Crippen LogP) is 1.66. The SMILES string of the molecule is CC(=O)c1cc(F)cc2c1N(C)C(C(=O)O)=CC2=C=O. The van der Waals surface area contributed by atoms with Gasteiger partial charge < -0.3 is 10.0 Å². The second-order valence-electron chi connectivity index (χ2n) is 4.32. The van der Waals surface area contributed by atoms with E-state index in [2.05, 4.69) is 0 Å². The largest absolute Gasteiger partial charge is 0.477 e. The molecule has 0 aliphatic carbocycles. The topological polar surface area (TPSA) is 74.7 Å². The molecule has 0 bridgehead atoms. The molecule has 6 heteroatoms. The van der Waals surface area contributed by atoms with Crippen molar-refractivity contribution >= 4 is 29.0 Å². The van der Waals surface area contributed by atoms with E-state index in [1.807, 2.05) is 0 Å². The van der Waals surface area contributed by atoms with Crippen LogP contribution in [0.1, 0.15) is 22.8 Å². The highest BCUT2D eigenvalue weighted by atomic mass is 19.1. The molecular weight excluding hydrogens is 265 g/mol. The number of carboxylic acid groups (broad SMARTS) is 1. The summed E-state index contributed by atoms with van der Waals surface area (Å²) in [6.07, 6.45) is 1.10. The molecule has 0 saturated heterocycles. The van der Waals surface area contributed by atoms with Gasteiger partial charge in [-0.05, 0) is 25.1 Å². The molecule has 0 unspecified atom stereocenters. The minimum absolute atomic E-state index is 0.0158. The van der Waals surface area contributed by atoms with Crippen LogP contribution in [0.3, 0.4) is 0 Å². The van der Waals surface area contributed by atoms with Gasteiger partial charge in [0.15, 0.2) is 5.78 Å². The molecule has 1 heterocycles. The molecular formula is C14H10FNO4. The maximum absolute atomic E-state index is 13.6. The third-order valence-electron chi connectivity index (χ3n) is 3.05. The zero-order valence-corrected chi connectivity index (χ0v) is 10.7. The number of hydrogen-bond acceptors (Lipinski definition) is 4. The Morgan fingerprint density at radius 3 is 2.50 bits per heavy atom. The van der Waals surface area contributed by atoms with Crippen LogP contribution in [0.2, 0.25) is 0 Å². The molecule has 1 aromatic carbocycles. The molecule has 2 rings (SSSR count). The van der Waals surface area contributed by atoms with Crippen LogP contribution in [-0.4, -0.2) is 29.8 Å². The lowest BCUT2D eigenvalue weighted by Crippen LogP contribution is -2.28. The normalized spacial score (nSPS) is 13.4. The number of allylic oxidation sites excluding steroid dienone is 2. The Bertz CT molecular complexity index is 714. The third-order valence-corrected chi connectivity index (χ3v) is 3.05. The van der Waals surface area contributed by atoms with E-state index in [9.17, 15) is 18.8 Å². The van der Waals surface area contributed by atoms with Gasteiger partial charge in [0.05, 0.1) is 11.3 Å². The first-order valence-electron chi connectivity index (χ1n) is 5.65. The summed E-state index contributed by atoms with van der Waals surface area (Å²) in [5.41, 5.74) is 0.0689.